The fraction of sp³-hybridized carbons (Fsp3) is 0.188. The van der Waals surface area contributed by atoms with Gasteiger partial charge in [-0.25, -0.2) is 0 Å². The lowest BCUT2D eigenvalue weighted by molar-refractivity contribution is -0.122. The monoisotopic (exact) mass is 385 g/mol. The van der Waals surface area contributed by atoms with Gasteiger partial charge in [-0.3, -0.25) is 4.79 Å². The largest absolute Gasteiger partial charge is 0.481 e. The molecule has 2 rings (SSSR count). The molecule has 1 N–H and O–H groups in total. The Kier molecular flexibility index (Phi) is 5.92. The molecule has 1 atom stereocenters. The number of amides is 1. The molecule has 1 amide bonds. The summed E-state index contributed by atoms with van der Waals surface area (Å²) in [6.07, 6.45) is -0.721. The van der Waals surface area contributed by atoms with Gasteiger partial charge in [-0.1, -0.05) is 22.0 Å². The van der Waals surface area contributed by atoms with Crippen LogP contribution in [0.4, 0.5) is 14.5 Å². The molecular weight excluding hydrogens is 372 g/mol. The second-order valence-electron chi connectivity index (χ2n) is 4.61. The standard InChI is InChI=1S/C16H14BrF2NO3/c1-10(22-14-4-2-3-11(17)9-14)15(21)20-12-5-7-13(8-6-12)23-16(18)19/h2-10,16H,1H3,(H,20,21). The van der Waals surface area contributed by atoms with Gasteiger partial charge in [0.2, 0.25) is 0 Å². The third-order valence-corrected chi connectivity index (χ3v) is 3.32. The molecule has 0 aliphatic heterocycles. The van der Waals surface area contributed by atoms with E-state index in [9.17, 15) is 13.6 Å². The Morgan fingerprint density at radius 3 is 2.39 bits per heavy atom. The van der Waals surface area contributed by atoms with Crippen molar-refractivity contribution in [2.24, 2.45) is 0 Å². The molecule has 0 aromatic heterocycles. The van der Waals surface area contributed by atoms with Crippen LogP contribution in [-0.4, -0.2) is 18.6 Å². The second-order valence-corrected chi connectivity index (χ2v) is 5.53. The first-order valence-electron chi connectivity index (χ1n) is 6.72. The number of alkyl halides is 2. The molecule has 1 unspecified atom stereocenters. The Bertz CT molecular complexity index is 665. The number of nitrogens with one attached hydrogen (secondary N) is 1. The number of hydrogen-bond acceptors (Lipinski definition) is 3. The first-order valence-corrected chi connectivity index (χ1v) is 7.51. The maximum Gasteiger partial charge on any atom is 0.387 e. The van der Waals surface area contributed by atoms with Crippen molar-refractivity contribution in [2.75, 3.05) is 5.32 Å². The predicted molar refractivity (Wildman–Crippen MR) is 85.9 cm³/mol. The average molecular weight is 386 g/mol. The summed E-state index contributed by atoms with van der Waals surface area (Å²) in [7, 11) is 0. The summed E-state index contributed by atoms with van der Waals surface area (Å²) < 4.78 is 34.7. The van der Waals surface area contributed by atoms with Gasteiger partial charge in [0.15, 0.2) is 6.10 Å². The Morgan fingerprint density at radius 2 is 1.78 bits per heavy atom. The number of halogens is 3. The predicted octanol–water partition coefficient (Wildman–Crippen LogP) is 4.46. The molecule has 122 valence electrons. The maximum atomic E-state index is 12.1. The molecule has 0 saturated carbocycles. The van der Waals surface area contributed by atoms with Gasteiger partial charge in [-0.2, -0.15) is 8.78 Å². The quantitative estimate of drug-likeness (QED) is 0.798. The van der Waals surface area contributed by atoms with Crippen LogP contribution in [-0.2, 0) is 4.79 Å². The molecular formula is C16H14BrF2NO3. The molecule has 0 aliphatic rings. The van der Waals surface area contributed by atoms with Crippen LogP contribution in [0.5, 0.6) is 11.5 Å². The lowest BCUT2D eigenvalue weighted by atomic mass is 10.2. The minimum atomic E-state index is -2.88. The van der Waals surface area contributed by atoms with Crippen molar-refractivity contribution in [1.29, 1.82) is 0 Å². The van der Waals surface area contributed by atoms with Gasteiger partial charge in [-0.15, -0.1) is 0 Å². The summed E-state index contributed by atoms with van der Waals surface area (Å²) in [5.41, 5.74) is 0.460. The van der Waals surface area contributed by atoms with E-state index in [1.54, 1.807) is 25.1 Å². The summed E-state index contributed by atoms with van der Waals surface area (Å²) >= 11 is 3.32. The van der Waals surface area contributed by atoms with E-state index in [0.717, 1.165) is 4.47 Å². The number of benzene rings is 2. The smallest absolute Gasteiger partial charge is 0.387 e. The Morgan fingerprint density at radius 1 is 1.09 bits per heavy atom. The summed E-state index contributed by atoms with van der Waals surface area (Å²) in [5.74, 6) is 0.228. The van der Waals surface area contributed by atoms with Crippen LogP contribution in [0.15, 0.2) is 53.0 Å². The number of carbonyl (C=O) groups excluding carboxylic acids is 1. The van der Waals surface area contributed by atoms with Gasteiger partial charge < -0.3 is 14.8 Å². The van der Waals surface area contributed by atoms with Crippen molar-refractivity contribution in [2.45, 2.75) is 19.6 Å². The highest BCUT2D eigenvalue weighted by molar-refractivity contribution is 9.10. The highest BCUT2D eigenvalue weighted by Gasteiger charge is 2.15. The molecule has 4 nitrogen and oxygen atoms in total. The molecule has 0 radical (unpaired) electrons. The van der Waals surface area contributed by atoms with Crippen molar-refractivity contribution in [3.8, 4) is 11.5 Å². The highest BCUT2D eigenvalue weighted by Crippen LogP contribution is 2.20. The van der Waals surface area contributed by atoms with Gasteiger partial charge in [0.1, 0.15) is 11.5 Å². The summed E-state index contributed by atoms with van der Waals surface area (Å²) in [5, 5.41) is 2.64. The molecule has 0 spiro atoms. The van der Waals surface area contributed by atoms with E-state index in [2.05, 4.69) is 26.0 Å². The fourth-order valence-electron chi connectivity index (χ4n) is 1.76. The first-order chi connectivity index (χ1) is 10.9. The lowest BCUT2D eigenvalue weighted by Gasteiger charge is -2.15. The van der Waals surface area contributed by atoms with E-state index in [4.69, 9.17) is 4.74 Å². The number of carbonyl (C=O) groups is 1. The van der Waals surface area contributed by atoms with Crippen LogP contribution in [0.25, 0.3) is 0 Å². The topological polar surface area (TPSA) is 47.6 Å². The number of anilines is 1. The van der Waals surface area contributed by atoms with Gasteiger partial charge in [0.05, 0.1) is 0 Å². The minimum absolute atomic E-state index is 0.0245. The third-order valence-electron chi connectivity index (χ3n) is 2.83. The van der Waals surface area contributed by atoms with E-state index in [0.29, 0.717) is 11.4 Å². The van der Waals surface area contributed by atoms with Gasteiger partial charge in [0, 0.05) is 10.2 Å². The zero-order chi connectivity index (χ0) is 16.8. The number of hydrogen-bond donors (Lipinski definition) is 1. The normalized spacial score (nSPS) is 11.9. The van der Waals surface area contributed by atoms with Crippen LogP contribution in [0.2, 0.25) is 0 Å². The molecule has 0 saturated heterocycles. The van der Waals surface area contributed by atoms with Crippen LogP contribution >= 0.6 is 15.9 Å². The third kappa shape index (κ3) is 5.52. The van der Waals surface area contributed by atoms with Crippen LogP contribution in [0, 0.1) is 0 Å². The molecule has 0 bridgehead atoms. The van der Waals surface area contributed by atoms with Crippen molar-refractivity contribution in [1.82, 2.24) is 0 Å². The fourth-order valence-corrected chi connectivity index (χ4v) is 2.14. The second kappa shape index (κ2) is 7.92. The van der Waals surface area contributed by atoms with Crippen molar-refractivity contribution in [3.63, 3.8) is 0 Å². The van der Waals surface area contributed by atoms with Gasteiger partial charge in [0.25, 0.3) is 5.91 Å². The van der Waals surface area contributed by atoms with E-state index in [1.807, 2.05) is 6.07 Å². The highest BCUT2D eigenvalue weighted by atomic mass is 79.9. The Labute approximate surface area is 140 Å². The van der Waals surface area contributed by atoms with Crippen LogP contribution in [0.3, 0.4) is 0 Å². The van der Waals surface area contributed by atoms with Crippen molar-refractivity contribution in [3.05, 3.63) is 53.0 Å². The van der Waals surface area contributed by atoms with Gasteiger partial charge in [-0.05, 0) is 49.4 Å². The van der Waals surface area contributed by atoms with Crippen molar-refractivity contribution >= 4 is 27.5 Å². The zero-order valence-electron chi connectivity index (χ0n) is 12.1. The maximum absolute atomic E-state index is 12.1. The number of ether oxygens (including phenoxy) is 2. The Hall–Kier alpha value is -2.15. The average Bonchev–Trinajstić information content (AvgIpc) is 2.48. The van der Waals surface area contributed by atoms with E-state index in [1.165, 1.54) is 24.3 Å². The summed E-state index contributed by atoms with van der Waals surface area (Å²) in [6, 6.07) is 12.8. The lowest BCUT2D eigenvalue weighted by Crippen LogP contribution is -2.30. The molecule has 7 heteroatoms. The molecule has 23 heavy (non-hydrogen) atoms. The summed E-state index contributed by atoms with van der Waals surface area (Å²) in [6.45, 7) is -1.26. The van der Waals surface area contributed by atoms with E-state index in [-0.39, 0.29) is 11.7 Å². The zero-order valence-corrected chi connectivity index (χ0v) is 13.7. The minimum Gasteiger partial charge on any atom is -0.481 e. The van der Waals surface area contributed by atoms with E-state index < -0.39 is 12.7 Å². The first kappa shape index (κ1) is 17.2. The Balaban J connectivity index is 1.92. The van der Waals surface area contributed by atoms with E-state index >= 15 is 0 Å². The van der Waals surface area contributed by atoms with Crippen molar-refractivity contribution < 1.29 is 23.0 Å². The molecule has 2 aromatic carbocycles. The number of rotatable bonds is 6. The van der Waals surface area contributed by atoms with Gasteiger partial charge >= 0.3 is 6.61 Å². The van der Waals surface area contributed by atoms with Crippen LogP contribution in [0.1, 0.15) is 6.92 Å². The van der Waals surface area contributed by atoms with Crippen LogP contribution < -0.4 is 14.8 Å². The molecule has 0 heterocycles. The molecule has 0 fully saturated rings. The molecule has 2 aromatic rings. The SMILES string of the molecule is CC(Oc1cccc(Br)c1)C(=O)Nc1ccc(OC(F)F)cc1. The molecule has 0 aliphatic carbocycles. The summed E-state index contributed by atoms with van der Waals surface area (Å²) in [4.78, 5) is 12.1.